The molecule has 0 aliphatic heterocycles. The van der Waals surface area contributed by atoms with Gasteiger partial charge in [0.25, 0.3) is 0 Å². The lowest BCUT2D eigenvalue weighted by Gasteiger charge is -2.15. The van der Waals surface area contributed by atoms with Crippen LogP contribution in [0.4, 0.5) is 5.69 Å². The highest BCUT2D eigenvalue weighted by Gasteiger charge is 2.19. The van der Waals surface area contributed by atoms with E-state index in [0.717, 1.165) is 0 Å². The highest BCUT2D eigenvalue weighted by atomic mass is 35.5. The number of rotatable bonds is 4. The number of para-hydroxylation sites is 1. The van der Waals surface area contributed by atoms with Crippen molar-refractivity contribution in [3.8, 4) is 0 Å². The van der Waals surface area contributed by atoms with Crippen LogP contribution in [-0.4, -0.2) is 4.99 Å². The molecule has 3 rings (SSSR count). The molecule has 3 nitrogen and oxygen atoms in total. The van der Waals surface area contributed by atoms with E-state index in [4.69, 9.17) is 23.8 Å². The van der Waals surface area contributed by atoms with Crippen molar-refractivity contribution >= 4 is 57.3 Å². The summed E-state index contributed by atoms with van der Waals surface area (Å²) < 4.78 is 1.72. The average Bonchev–Trinajstić information content (AvgIpc) is 3.13. The monoisotopic (exact) mass is 372 g/mol. The first-order chi connectivity index (χ1) is 11.7. The third-order valence-corrected chi connectivity index (χ3v) is 4.76. The first-order valence-electron chi connectivity index (χ1n) is 7.14. The molecule has 0 unspecified atom stereocenters. The van der Waals surface area contributed by atoms with Crippen LogP contribution in [0, 0.1) is 0 Å². The molecule has 0 aliphatic carbocycles. The maximum absolute atomic E-state index is 12.9. The van der Waals surface area contributed by atoms with Gasteiger partial charge in [0.05, 0.1) is 10.7 Å². The van der Waals surface area contributed by atoms with Gasteiger partial charge in [-0.05, 0) is 29.3 Å². The number of halogens is 1. The van der Waals surface area contributed by atoms with Gasteiger partial charge in [-0.25, -0.2) is 0 Å². The topological polar surface area (TPSA) is 39.0 Å². The second kappa shape index (κ2) is 7.57. The van der Waals surface area contributed by atoms with Crippen molar-refractivity contribution < 1.29 is 9.67 Å². The van der Waals surface area contributed by atoms with Crippen LogP contribution >= 0.6 is 35.2 Å². The smallest absolute Gasteiger partial charge is 0.239 e. The maximum Gasteiger partial charge on any atom is 0.239 e. The largest absolute Gasteiger partial charge is 0.867 e. The summed E-state index contributed by atoms with van der Waals surface area (Å²) >= 11 is 13.1. The molecule has 120 valence electrons. The lowest BCUT2D eigenvalue weighted by atomic mass is 10.2. The quantitative estimate of drug-likeness (QED) is 0.327. The second-order valence-corrected chi connectivity index (χ2v) is 6.63. The van der Waals surface area contributed by atoms with Gasteiger partial charge in [-0.15, -0.1) is 11.3 Å². The molecule has 0 saturated heterocycles. The van der Waals surface area contributed by atoms with Crippen LogP contribution < -0.4 is 15.0 Å². The molecule has 1 N–H and O–H groups in total. The van der Waals surface area contributed by atoms with Gasteiger partial charge in [-0.1, -0.05) is 48.1 Å². The van der Waals surface area contributed by atoms with Crippen LogP contribution in [-0.2, 0) is 0 Å². The van der Waals surface area contributed by atoms with Crippen LogP contribution in [0.5, 0.6) is 0 Å². The fourth-order valence-corrected chi connectivity index (χ4v) is 3.31. The van der Waals surface area contributed by atoms with Crippen LogP contribution in [0.3, 0.4) is 0 Å². The minimum atomic E-state index is -0.134. The number of nitrogens with one attached hydrogen (secondary N) is 1. The van der Waals surface area contributed by atoms with E-state index in [9.17, 15) is 5.11 Å². The molecule has 2 heterocycles. The molecule has 3 aromatic rings. The first-order valence-corrected chi connectivity index (χ1v) is 8.81. The fraction of sp³-hybridized carbons (Fsp3) is 0. The van der Waals surface area contributed by atoms with E-state index >= 15 is 0 Å². The van der Waals surface area contributed by atoms with E-state index in [0.29, 0.717) is 26.3 Å². The van der Waals surface area contributed by atoms with Gasteiger partial charge in [0, 0.05) is 17.0 Å². The van der Waals surface area contributed by atoms with Crippen molar-refractivity contribution in [1.82, 2.24) is 0 Å². The Morgan fingerprint density at radius 1 is 1.04 bits per heavy atom. The van der Waals surface area contributed by atoms with Gasteiger partial charge < -0.3 is 10.4 Å². The Morgan fingerprint density at radius 3 is 2.46 bits per heavy atom. The molecule has 0 fully saturated rings. The predicted molar refractivity (Wildman–Crippen MR) is 102 cm³/mol. The molecular weight excluding hydrogens is 360 g/mol. The number of aromatic nitrogens is 1. The number of hydrogen-bond acceptors (Lipinski definition) is 3. The summed E-state index contributed by atoms with van der Waals surface area (Å²) in [6.07, 6.45) is 3.59. The fourth-order valence-electron chi connectivity index (χ4n) is 2.15. The summed E-state index contributed by atoms with van der Waals surface area (Å²) in [5.41, 5.74) is 1.05. The van der Waals surface area contributed by atoms with E-state index < -0.39 is 0 Å². The van der Waals surface area contributed by atoms with Crippen molar-refractivity contribution in [2.75, 3.05) is 5.32 Å². The predicted octanol–water partition coefficient (Wildman–Crippen LogP) is 3.81. The third kappa shape index (κ3) is 3.64. The van der Waals surface area contributed by atoms with Crippen molar-refractivity contribution in [3.63, 3.8) is 0 Å². The Morgan fingerprint density at radius 2 is 1.79 bits per heavy atom. The standard InChI is InChI=1S/C18H13ClN2OS2/c19-13-7-2-3-8-14(13)20-18(23)16(21-10-4-1-5-11-21)17(22)15-9-6-12-24-15/h1-12H,(H-,20,22,23). The van der Waals surface area contributed by atoms with E-state index in [1.54, 1.807) is 29.1 Å². The Bertz CT molecular complexity index is 877. The van der Waals surface area contributed by atoms with E-state index in [1.807, 2.05) is 47.8 Å². The number of nitrogens with zero attached hydrogens (tertiary/aromatic N) is 1. The molecule has 0 spiro atoms. The summed E-state index contributed by atoms with van der Waals surface area (Å²) in [6, 6.07) is 16.5. The van der Waals surface area contributed by atoms with Crippen LogP contribution in [0.2, 0.25) is 5.02 Å². The molecule has 0 radical (unpaired) electrons. The number of benzene rings is 1. The lowest BCUT2D eigenvalue weighted by molar-refractivity contribution is -0.577. The van der Waals surface area contributed by atoms with Gasteiger partial charge in [-0.3, -0.25) is 0 Å². The van der Waals surface area contributed by atoms with E-state index in [2.05, 4.69) is 5.32 Å². The van der Waals surface area contributed by atoms with Gasteiger partial charge in [0.1, 0.15) is 0 Å². The van der Waals surface area contributed by atoms with Crippen LogP contribution in [0.1, 0.15) is 4.88 Å². The lowest BCUT2D eigenvalue weighted by Crippen LogP contribution is -2.39. The summed E-state index contributed by atoms with van der Waals surface area (Å²) in [5, 5.41) is 18.4. The number of thiocarbonyl (C=S) groups is 1. The molecule has 0 amide bonds. The Labute approximate surface area is 154 Å². The van der Waals surface area contributed by atoms with Crippen LogP contribution in [0.15, 0.2) is 72.4 Å². The van der Waals surface area contributed by atoms with Crippen molar-refractivity contribution in [1.29, 1.82) is 0 Å². The SMILES string of the molecule is [O-]C(=C(C(=S)Nc1ccccc1Cl)[n+]1ccccc1)c1cccs1. The Balaban J connectivity index is 2.04. The third-order valence-electron chi connectivity index (χ3n) is 3.27. The number of pyridine rings is 1. The van der Waals surface area contributed by atoms with E-state index in [-0.39, 0.29) is 5.76 Å². The van der Waals surface area contributed by atoms with Gasteiger partial charge in [-0.2, -0.15) is 4.57 Å². The highest BCUT2D eigenvalue weighted by Crippen LogP contribution is 2.24. The molecular formula is C18H13ClN2OS2. The molecule has 0 aliphatic rings. The molecule has 6 heteroatoms. The zero-order chi connectivity index (χ0) is 16.9. The van der Waals surface area contributed by atoms with Crippen molar-refractivity contribution in [3.05, 3.63) is 82.3 Å². The molecule has 1 aromatic carbocycles. The Hall–Kier alpha value is -2.21. The second-order valence-electron chi connectivity index (χ2n) is 4.87. The van der Waals surface area contributed by atoms with Crippen molar-refractivity contribution in [2.24, 2.45) is 0 Å². The molecule has 0 saturated carbocycles. The molecule has 2 aromatic heterocycles. The summed E-state index contributed by atoms with van der Waals surface area (Å²) in [5.74, 6) is -0.134. The maximum atomic E-state index is 12.9. The summed E-state index contributed by atoms with van der Waals surface area (Å²) in [6.45, 7) is 0. The Kier molecular flexibility index (Phi) is 5.25. The minimum absolute atomic E-state index is 0.134. The van der Waals surface area contributed by atoms with Gasteiger partial charge in [0.15, 0.2) is 17.4 Å². The summed E-state index contributed by atoms with van der Waals surface area (Å²) in [4.78, 5) is 0.947. The molecule has 24 heavy (non-hydrogen) atoms. The molecule has 0 bridgehead atoms. The number of anilines is 1. The average molecular weight is 373 g/mol. The summed E-state index contributed by atoms with van der Waals surface area (Å²) in [7, 11) is 0. The van der Waals surface area contributed by atoms with Gasteiger partial charge in [0.2, 0.25) is 5.70 Å². The number of thiophene rings is 1. The minimum Gasteiger partial charge on any atom is -0.867 e. The van der Waals surface area contributed by atoms with Crippen LogP contribution in [0.25, 0.3) is 11.5 Å². The number of hydrogen-bond donors (Lipinski definition) is 1. The highest BCUT2D eigenvalue weighted by molar-refractivity contribution is 7.81. The molecule has 0 atom stereocenters. The van der Waals surface area contributed by atoms with E-state index in [1.165, 1.54) is 11.3 Å². The van der Waals surface area contributed by atoms with Gasteiger partial charge >= 0.3 is 0 Å². The zero-order valence-electron chi connectivity index (χ0n) is 12.5. The first kappa shape index (κ1) is 16.6. The zero-order valence-corrected chi connectivity index (χ0v) is 14.9. The van der Waals surface area contributed by atoms with Crippen molar-refractivity contribution in [2.45, 2.75) is 0 Å². The normalized spacial score (nSPS) is 11.7.